The first kappa shape index (κ1) is 27.0. The number of ether oxygens (including phenoxy) is 1. The van der Waals surface area contributed by atoms with Gasteiger partial charge in [0.2, 0.25) is 0 Å². The average Bonchev–Trinajstić information content (AvgIpc) is 2.91. The van der Waals surface area contributed by atoms with Crippen molar-refractivity contribution in [2.45, 2.75) is 91.4 Å². The summed E-state index contributed by atoms with van der Waals surface area (Å²) in [6.45, 7) is 7.67. The zero-order valence-electron chi connectivity index (χ0n) is 22.3. The first-order chi connectivity index (χ1) is 17.2. The van der Waals surface area contributed by atoms with Crippen LogP contribution in [0.3, 0.4) is 0 Å². The summed E-state index contributed by atoms with van der Waals surface area (Å²) in [6, 6.07) is 21.6. The summed E-state index contributed by atoms with van der Waals surface area (Å²) in [5.74, 6) is 1.78. The predicted octanol–water partition coefficient (Wildman–Crippen LogP) is 9.91. The number of benzene rings is 2. The van der Waals surface area contributed by atoms with Gasteiger partial charge in [0.05, 0.1) is 12.3 Å². The van der Waals surface area contributed by atoms with E-state index in [-0.39, 0.29) is 0 Å². The smallest absolute Gasteiger partial charge is 0.119 e. The number of unbranched alkanes of at least 4 members (excludes halogenated alkanes) is 6. The van der Waals surface area contributed by atoms with E-state index in [0.717, 1.165) is 42.4 Å². The third-order valence-corrected chi connectivity index (χ3v) is 7.07. The Labute approximate surface area is 214 Å². The van der Waals surface area contributed by atoms with E-state index < -0.39 is 0 Å². The summed E-state index contributed by atoms with van der Waals surface area (Å²) >= 11 is 0. The first-order valence-corrected chi connectivity index (χ1v) is 14.0. The van der Waals surface area contributed by atoms with Gasteiger partial charge in [-0.05, 0) is 66.5 Å². The second-order valence-corrected chi connectivity index (χ2v) is 10.0. The molecular formula is C33H45NO. The van der Waals surface area contributed by atoms with Gasteiger partial charge in [-0.15, -0.1) is 0 Å². The van der Waals surface area contributed by atoms with Crippen LogP contribution in [0.2, 0.25) is 0 Å². The maximum absolute atomic E-state index is 5.94. The summed E-state index contributed by atoms with van der Waals surface area (Å²) in [6.07, 6.45) is 16.1. The molecular weight excluding hydrogens is 426 g/mol. The standard InChI is InChI=1S/C33H45NO/c1-4-6-7-8-9-10-14-28-15-24-33(34-26-28)31-18-16-29(17-19-31)30-20-22-32(23-21-30)35-25-12-11-13-27(3)5-2/h15-24,26-27H,4-14,25H2,1-3H3. The summed E-state index contributed by atoms with van der Waals surface area (Å²) in [5.41, 5.74) is 5.98. The molecule has 0 aliphatic heterocycles. The lowest BCUT2D eigenvalue weighted by molar-refractivity contribution is 0.300. The lowest BCUT2D eigenvalue weighted by atomic mass is 10.0. The molecule has 3 rings (SSSR count). The number of pyridine rings is 1. The van der Waals surface area contributed by atoms with Gasteiger partial charge in [0.25, 0.3) is 0 Å². The molecule has 1 unspecified atom stereocenters. The third-order valence-electron chi connectivity index (χ3n) is 7.07. The van der Waals surface area contributed by atoms with Gasteiger partial charge in [0.15, 0.2) is 0 Å². The molecule has 2 heteroatoms. The normalized spacial score (nSPS) is 12.0. The van der Waals surface area contributed by atoms with Crippen LogP contribution in [0.25, 0.3) is 22.4 Å². The van der Waals surface area contributed by atoms with Gasteiger partial charge in [-0.2, -0.15) is 0 Å². The van der Waals surface area contributed by atoms with Crippen molar-refractivity contribution in [3.05, 3.63) is 72.4 Å². The molecule has 0 aliphatic carbocycles. The van der Waals surface area contributed by atoms with Crippen molar-refractivity contribution < 1.29 is 4.74 Å². The van der Waals surface area contributed by atoms with E-state index >= 15 is 0 Å². The van der Waals surface area contributed by atoms with E-state index in [0.29, 0.717) is 0 Å². The van der Waals surface area contributed by atoms with Gasteiger partial charge in [-0.3, -0.25) is 4.98 Å². The van der Waals surface area contributed by atoms with Gasteiger partial charge in [0, 0.05) is 11.8 Å². The Morgan fingerprint density at radius 2 is 1.34 bits per heavy atom. The van der Waals surface area contributed by atoms with E-state index in [1.165, 1.54) is 74.5 Å². The Kier molecular flexibility index (Phi) is 11.9. The van der Waals surface area contributed by atoms with Crippen LogP contribution < -0.4 is 4.74 Å². The third kappa shape index (κ3) is 9.51. The molecule has 0 bridgehead atoms. The Hall–Kier alpha value is -2.61. The van der Waals surface area contributed by atoms with E-state index in [1.54, 1.807) is 0 Å². The molecule has 0 N–H and O–H groups in total. The maximum atomic E-state index is 5.94. The summed E-state index contributed by atoms with van der Waals surface area (Å²) in [7, 11) is 0. The fraction of sp³-hybridized carbons (Fsp3) is 0.485. The molecule has 0 aliphatic rings. The molecule has 0 saturated carbocycles. The lowest BCUT2D eigenvalue weighted by Crippen LogP contribution is -1.99. The zero-order chi connectivity index (χ0) is 24.7. The minimum Gasteiger partial charge on any atom is -0.494 e. The molecule has 1 atom stereocenters. The highest BCUT2D eigenvalue weighted by Crippen LogP contribution is 2.26. The molecule has 0 fully saturated rings. The van der Waals surface area contributed by atoms with Crippen LogP contribution in [0.5, 0.6) is 5.75 Å². The van der Waals surface area contributed by atoms with E-state index in [9.17, 15) is 0 Å². The molecule has 35 heavy (non-hydrogen) atoms. The van der Waals surface area contributed by atoms with Crippen molar-refractivity contribution in [1.29, 1.82) is 0 Å². The molecule has 0 amide bonds. The summed E-state index contributed by atoms with van der Waals surface area (Å²) in [5, 5.41) is 0. The van der Waals surface area contributed by atoms with Crippen molar-refractivity contribution in [2.75, 3.05) is 6.61 Å². The van der Waals surface area contributed by atoms with Crippen LogP contribution in [0, 0.1) is 5.92 Å². The summed E-state index contributed by atoms with van der Waals surface area (Å²) in [4.78, 5) is 4.73. The number of aryl methyl sites for hydroxylation is 1. The molecule has 1 heterocycles. The number of aromatic nitrogens is 1. The molecule has 188 valence electrons. The van der Waals surface area contributed by atoms with Gasteiger partial charge in [-0.1, -0.05) is 108 Å². The number of hydrogen-bond donors (Lipinski definition) is 0. The highest BCUT2D eigenvalue weighted by Gasteiger charge is 2.04. The van der Waals surface area contributed by atoms with Gasteiger partial charge in [-0.25, -0.2) is 0 Å². The van der Waals surface area contributed by atoms with Crippen molar-refractivity contribution in [3.8, 4) is 28.1 Å². The van der Waals surface area contributed by atoms with Crippen molar-refractivity contribution in [2.24, 2.45) is 5.92 Å². The second kappa shape index (κ2) is 15.4. The second-order valence-electron chi connectivity index (χ2n) is 10.0. The van der Waals surface area contributed by atoms with Gasteiger partial charge >= 0.3 is 0 Å². The molecule has 1 aromatic heterocycles. The fourth-order valence-electron chi connectivity index (χ4n) is 4.42. The van der Waals surface area contributed by atoms with Crippen LogP contribution in [-0.4, -0.2) is 11.6 Å². The van der Waals surface area contributed by atoms with Gasteiger partial charge < -0.3 is 4.74 Å². The molecule has 0 saturated heterocycles. The molecule has 2 nitrogen and oxygen atoms in total. The SMILES string of the molecule is CCCCCCCCc1ccc(-c2ccc(-c3ccc(OCCCCC(C)CC)cc3)cc2)nc1. The first-order valence-electron chi connectivity index (χ1n) is 14.0. The Balaban J connectivity index is 1.45. The topological polar surface area (TPSA) is 22.1 Å². The Morgan fingerprint density at radius 1 is 0.686 bits per heavy atom. The average molecular weight is 472 g/mol. The van der Waals surface area contributed by atoms with Crippen LogP contribution >= 0.6 is 0 Å². The largest absolute Gasteiger partial charge is 0.494 e. The van der Waals surface area contributed by atoms with Crippen molar-refractivity contribution in [1.82, 2.24) is 4.98 Å². The molecule has 0 radical (unpaired) electrons. The maximum Gasteiger partial charge on any atom is 0.119 e. The van der Waals surface area contributed by atoms with E-state index in [2.05, 4.69) is 87.6 Å². The Bertz CT molecular complexity index is 944. The van der Waals surface area contributed by atoms with Crippen LogP contribution in [0.1, 0.15) is 90.5 Å². The van der Waals surface area contributed by atoms with Crippen molar-refractivity contribution >= 4 is 0 Å². The van der Waals surface area contributed by atoms with Crippen LogP contribution in [0.15, 0.2) is 66.9 Å². The monoisotopic (exact) mass is 471 g/mol. The highest BCUT2D eigenvalue weighted by molar-refractivity contribution is 5.69. The molecule has 3 aromatic rings. The van der Waals surface area contributed by atoms with Crippen molar-refractivity contribution in [3.63, 3.8) is 0 Å². The van der Waals surface area contributed by atoms with Crippen LogP contribution in [0.4, 0.5) is 0 Å². The quantitative estimate of drug-likeness (QED) is 0.194. The minimum atomic E-state index is 0.801. The number of hydrogen-bond acceptors (Lipinski definition) is 2. The predicted molar refractivity (Wildman–Crippen MR) is 151 cm³/mol. The molecule has 0 spiro atoms. The highest BCUT2D eigenvalue weighted by atomic mass is 16.5. The molecule has 2 aromatic carbocycles. The Morgan fingerprint density at radius 3 is 2.00 bits per heavy atom. The van der Waals surface area contributed by atoms with Gasteiger partial charge in [0.1, 0.15) is 5.75 Å². The fourth-order valence-corrected chi connectivity index (χ4v) is 4.42. The minimum absolute atomic E-state index is 0.801. The van der Waals surface area contributed by atoms with E-state index in [4.69, 9.17) is 9.72 Å². The number of rotatable bonds is 16. The number of nitrogens with zero attached hydrogens (tertiary/aromatic N) is 1. The van der Waals surface area contributed by atoms with E-state index in [1.807, 2.05) is 0 Å². The van der Waals surface area contributed by atoms with Crippen LogP contribution in [-0.2, 0) is 6.42 Å². The zero-order valence-corrected chi connectivity index (χ0v) is 22.3. The summed E-state index contributed by atoms with van der Waals surface area (Å²) < 4.78 is 5.94. The lowest BCUT2D eigenvalue weighted by Gasteiger charge is -2.10.